The fourth-order valence-corrected chi connectivity index (χ4v) is 2.41. The number of rotatable bonds is 2. The van der Waals surface area contributed by atoms with Crippen molar-refractivity contribution in [2.24, 2.45) is 0 Å². The Morgan fingerprint density at radius 3 is 2.32 bits per heavy atom. The summed E-state index contributed by atoms with van der Waals surface area (Å²) in [6.07, 6.45) is 0. The minimum absolute atomic E-state index is 0.159. The van der Waals surface area contributed by atoms with E-state index in [-0.39, 0.29) is 11.1 Å². The van der Waals surface area contributed by atoms with E-state index in [1.807, 2.05) is 19.1 Å². The topological polar surface area (TPSA) is 0 Å². The molecule has 0 amide bonds. The second-order valence-electron chi connectivity index (χ2n) is 4.49. The van der Waals surface area contributed by atoms with Crippen LogP contribution < -0.4 is 0 Å². The van der Waals surface area contributed by atoms with Gasteiger partial charge in [-0.25, -0.2) is 8.78 Å². The molecule has 0 aromatic heterocycles. The van der Waals surface area contributed by atoms with Crippen molar-refractivity contribution in [2.45, 2.75) is 19.2 Å². The lowest BCUT2D eigenvalue weighted by Gasteiger charge is -2.13. The molecule has 100 valence electrons. The Balaban J connectivity index is 2.46. The van der Waals surface area contributed by atoms with Gasteiger partial charge in [-0.2, -0.15) is 0 Å². The van der Waals surface area contributed by atoms with Crippen LogP contribution in [-0.2, 0) is 0 Å². The molecule has 1 unspecified atom stereocenters. The lowest BCUT2D eigenvalue weighted by atomic mass is 10.0. The Kier molecular flexibility index (Phi) is 4.26. The lowest BCUT2D eigenvalue weighted by molar-refractivity contribution is 0.580. The van der Waals surface area contributed by atoms with Gasteiger partial charge in [-0.1, -0.05) is 28.1 Å². The summed E-state index contributed by atoms with van der Waals surface area (Å²) in [5, 5.41) is -0.707. The van der Waals surface area contributed by atoms with Crippen LogP contribution in [0, 0.1) is 25.5 Å². The molecular weight excluding hydrogens is 334 g/mol. The summed E-state index contributed by atoms with van der Waals surface area (Å²) in [5.41, 5.74) is 2.17. The number of halogens is 4. The first-order valence-corrected chi connectivity index (χ1v) is 6.98. The third-order valence-electron chi connectivity index (χ3n) is 3.03. The van der Waals surface area contributed by atoms with E-state index in [9.17, 15) is 8.78 Å². The van der Waals surface area contributed by atoms with E-state index in [0.29, 0.717) is 0 Å². The van der Waals surface area contributed by atoms with Gasteiger partial charge in [0.05, 0.1) is 5.38 Å². The molecule has 19 heavy (non-hydrogen) atoms. The highest BCUT2D eigenvalue weighted by Gasteiger charge is 2.18. The number of aryl methyl sites for hydroxylation is 2. The number of alkyl halides is 1. The molecule has 0 saturated heterocycles. The van der Waals surface area contributed by atoms with E-state index in [0.717, 1.165) is 15.6 Å². The van der Waals surface area contributed by atoms with Gasteiger partial charge >= 0.3 is 0 Å². The van der Waals surface area contributed by atoms with Gasteiger partial charge in [-0.15, -0.1) is 11.6 Å². The summed E-state index contributed by atoms with van der Waals surface area (Å²) in [5.74, 6) is -0.935. The van der Waals surface area contributed by atoms with Crippen molar-refractivity contribution in [2.75, 3.05) is 0 Å². The quantitative estimate of drug-likeness (QED) is 0.615. The average Bonchev–Trinajstić information content (AvgIpc) is 2.36. The van der Waals surface area contributed by atoms with Gasteiger partial charge in [0.25, 0.3) is 0 Å². The summed E-state index contributed by atoms with van der Waals surface area (Å²) in [6.45, 7) is 3.44. The molecular formula is C15H12BrClF2. The van der Waals surface area contributed by atoms with Gasteiger partial charge in [-0.3, -0.25) is 0 Å². The highest BCUT2D eigenvalue weighted by molar-refractivity contribution is 9.10. The lowest BCUT2D eigenvalue weighted by Crippen LogP contribution is -2.00. The smallest absolute Gasteiger partial charge is 0.128 e. The van der Waals surface area contributed by atoms with Crippen LogP contribution in [0.15, 0.2) is 34.8 Å². The maximum absolute atomic E-state index is 13.9. The monoisotopic (exact) mass is 344 g/mol. The first-order valence-electron chi connectivity index (χ1n) is 5.76. The zero-order chi connectivity index (χ0) is 14.2. The minimum Gasteiger partial charge on any atom is -0.207 e. The number of benzene rings is 2. The van der Waals surface area contributed by atoms with Gasteiger partial charge in [-0.05, 0) is 48.7 Å². The van der Waals surface area contributed by atoms with Crippen LogP contribution in [0.3, 0.4) is 0 Å². The second kappa shape index (κ2) is 5.59. The van der Waals surface area contributed by atoms with Crippen molar-refractivity contribution in [3.05, 3.63) is 68.7 Å². The van der Waals surface area contributed by atoms with E-state index >= 15 is 0 Å². The van der Waals surface area contributed by atoms with Crippen LogP contribution in [0.5, 0.6) is 0 Å². The third kappa shape index (κ3) is 2.98. The van der Waals surface area contributed by atoms with Crippen molar-refractivity contribution in [1.82, 2.24) is 0 Å². The summed E-state index contributed by atoms with van der Waals surface area (Å²) >= 11 is 9.66. The Labute approximate surface area is 124 Å². The standard InChI is InChI=1S/C15H12BrClF2/c1-8-5-10(3-4-12(8)16)15(17)11-7-13(18)9(2)6-14(11)19/h3-7,15H,1-2H3. The summed E-state index contributed by atoms with van der Waals surface area (Å²) in [7, 11) is 0. The molecule has 2 aromatic carbocycles. The average molecular weight is 346 g/mol. The van der Waals surface area contributed by atoms with Crippen LogP contribution in [-0.4, -0.2) is 0 Å². The maximum atomic E-state index is 13.9. The Morgan fingerprint density at radius 2 is 1.68 bits per heavy atom. The Bertz CT molecular complexity index is 626. The van der Waals surface area contributed by atoms with Gasteiger partial charge in [0.1, 0.15) is 11.6 Å². The first kappa shape index (κ1) is 14.5. The highest BCUT2D eigenvalue weighted by atomic mass is 79.9. The van der Waals surface area contributed by atoms with Crippen LogP contribution in [0.4, 0.5) is 8.78 Å². The summed E-state index contributed by atoms with van der Waals surface area (Å²) in [6, 6.07) is 7.85. The molecule has 2 rings (SSSR count). The molecule has 2 aromatic rings. The maximum Gasteiger partial charge on any atom is 0.128 e. The van der Waals surface area contributed by atoms with Crippen molar-refractivity contribution < 1.29 is 8.78 Å². The van der Waals surface area contributed by atoms with E-state index in [2.05, 4.69) is 15.9 Å². The van der Waals surface area contributed by atoms with Gasteiger partial charge < -0.3 is 0 Å². The van der Waals surface area contributed by atoms with Crippen LogP contribution >= 0.6 is 27.5 Å². The van der Waals surface area contributed by atoms with Gasteiger partial charge in [0.2, 0.25) is 0 Å². The molecule has 0 N–H and O–H groups in total. The molecule has 0 radical (unpaired) electrons. The zero-order valence-corrected chi connectivity index (χ0v) is 12.8. The fraction of sp³-hybridized carbons (Fsp3) is 0.200. The van der Waals surface area contributed by atoms with E-state index in [1.54, 1.807) is 6.07 Å². The van der Waals surface area contributed by atoms with Crippen molar-refractivity contribution >= 4 is 27.5 Å². The normalized spacial score (nSPS) is 12.5. The molecule has 0 heterocycles. The molecule has 0 aliphatic rings. The predicted molar refractivity (Wildman–Crippen MR) is 77.7 cm³/mol. The van der Waals surface area contributed by atoms with Crippen LogP contribution in [0.2, 0.25) is 0 Å². The molecule has 0 aliphatic heterocycles. The molecule has 0 spiro atoms. The van der Waals surface area contributed by atoms with Crippen molar-refractivity contribution in [1.29, 1.82) is 0 Å². The van der Waals surface area contributed by atoms with E-state index in [1.165, 1.54) is 19.1 Å². The highest BCUT2D eigenvalue weighted by Crippen LogP contribution is 2.33. The SMILES string of the molecule is Cc1cc(F)c(C(Cl)c2ccc(Br)c(C)c2)cc1F. The largest absolute Gasteiger partial charge is 0.207 e. The van der Waals surface area contributed by atoms with Crippen LogP contribution in [0.25, 0.3) is 0 Å². The second-order valence-corrected chi connectivity index (χ2v) is 5.78. The fourth-order valence-electron chi connectivity index (χ4n) is 1.86. The summed E-state index contributed by atoms with van der Waals surface area (Å²) < 4.78 is 28.4. The molecule has 0 bridgehead atoms. The molecule has 4 heteroatoms. The first-order chi connectivity index (χ1) is 8.90. The van der Waals surface area contributed by atoms with E-state index < -0.39 is 17.0 Å². The molecule has 0 aliphatic carbocycles. The third-order valence-corrected chi connectivity index (χ3v) is 4.40. The van der Waals surface area contributed by atoms with E-state index in [4.69, 9.17) is 11.6 Å². The predicted octanol–water partition coefficient (Wildman–Crippen LogP) is 5.67. The van der Waals surface area contributed by atoms with Gasteiger partial charge in [0.15, 0.2) is 0 Å². The number of hydrogen-bond donors (Lipinski definition) is 0. The van der Waals surface area contributed by atoms with Crippen molar-refractivity contribution in [3.8, 4) is 0 Å². The zero-order valence-electron chi connectivity index (χ0n) is 10.5. The molecule has 0 fully saturated rings. The minimum atomic E-state index is -0.707. The molecule has 0 saturated carbocycles. The van der Waals surface area contributed by atoms with Crippen LogP contribution in [0.1, 0.15) is 27.6 Å². The van der Waals surface area contributed by atoms with Gasteiger partial charge in [0, 0.05) is 10.0 Å². The molecule has 0 nitrogen and oxygen atoms in total. The summed E-state index contributed by atoms with van der Waals surface area (Å²) in [4.78, 5) is 0. The number of hydrogen-bond acceptors (Lipinski definition) is 0. The Morgan fingerprint density at radius 1 is 1.00 bits per heavy atom. The van der Waals surface area contributed by atoms with Crippen molar-refractivity contribution in [3.63, 3.8) is 0 Å². The molecule has 1 atom stereocenters. The Hall–Kier alpha value is -0.930.